The van der Waals surface area contributed by atoms with E-state index in [0.717, 1.165) is 12.8 Å². The normalized spacial score (nSPS) is 16.4. The van der Waals surface area contributed by atoms with Crippen molar-refractivity contribution in [3.63, 3.8) is 0 Å². The maximum atomic E-state index is 12.4. The first-order chi connectivity index (χ1) is 9.61. The molecule has 1 heterocycles. The van der Waals surface area contributed by atoms with E-state index in [4.69, 9.17) is 33.0 Å². The highest BCUT2D eigenvalue weighted by atomic mass is 35.5. The maximum absolute atomic E-state index is 12.4. The molecule has 20 heavy (non-hydrogen) atoms. The lowest BCUT2D eigenvalue weighted by atomic mass is 10.1. The van der Waals surface area contributed by atoms with Crippen molar-refractivity contribution in [3.05, 3.63) is 33.8 Å². The fraction of sp³-hybridized carbons (Fsp3) is 0.500. The van der Waals surface area contributed by atoms with Crippen molar-refractivity contribution >= 4 is 29.1 Å². The van der Waals surface area contributed by atoms with Crippen LogP contribution >= 0.6 is 23.2 Å². The molecule has 0 radical (unpaired) electrons. The Kier molecular flexibility index (Phi) is 5.66. The summed E-state index contributed by atoms with van der Waals surface area (Å²) in [5.41, 5.74) is 0.439. The predicted molar refractivity (Wildman–Crippen MR) is 78.4 cm³/mol. The Labute approximate surface area is 128 Å². The van der Waals surface area contributed by atoms with Gasteiger partial charge in [0.2, 0.25) is 0 Å². The molecule has 2 rings (SSSR count). The van der Waals surface area contributed by atoms with Gasteiger partial charge < -0.3 is 14.7 Å². The van der Waals surface area contributed by atoms with Crippen molar-refractivity contribution in [1.82, 2.24) is 4.90 Å². The number of likely N-dealkylation sites (tertiary alicyclic amines) is 1. The summed E-state index contributed by atoms with van der Waals surface area (Å²) in [6.07, 6.45) is 1.65. The number of benzene rings is 1. The van der Waals surface area contributed by atoms with E-state index < -0.39 is 0 Å². The molecule has 0 atom stereocenters. The zero-order valence-electron chi connectivity index (χ0n) is 11.0. The first-order valence-corrected chi connectivity index (χ1v) is 7.34. The summed E-state index contributed by atoms with van der Waals surface area (Å²) < 4.78 is 5.47. The number of nitrogens with zero attached hydrogens (tertiary/aromatic N) is 1. The third-order valence-electron chi connectivity index (χ3n) is 3.33. The molecule has 0 spiro atoms. The summed E-state index contributed by atoms with van der Waals surface area (Å²) in [6, 6.07) is 4.89. The molecule has 4 nitrogen and oxygen atoms in total. The molecule has 1 aliphatic heterocycles. The molecular weight excluding hydrogens is 301 g/mol. The Morgan fingerprint density at radius 1 is 1.35 bits per heavy atom. The van der Waals surface area contributed by atoms with Crippen LogP contribution in [-0.4, -0.2) is 48.3 Å². The fourth-order valence-corrected chi connectivity index (χ4v) is 2.65. The number of carbonyl (C=O) groups is 1. The van der Waals surface area contributed by atoms with E-state index in [2.05, 4.69) is 0 Å². The van der Waals surface area contributed by atoms with Gasteiger partial charge in [0.15, 0.2) is 0 Å². The highest BCUT2D eigenvalue weighted by Gasteiger charge is 2.25. The van der Waals surface area contributed by atoms with Crippen molar-refractivity contribution < 1.29 is 14.6 Å². The van der Waals surface area contributed by atoms with E-state index in [-0.39, 0.29) is 18.6 Å². The first-order valence-electron chi connectivity index (χ1n) is 6.58. The molecule has 1 aromatic carbocycles. The van der Waals surface area contributed by atoms with Crippen LogP contribution in [0.25, 0.3) is 0 Å². The van der Waals surface area contributed by atoms with Crippen LogP contribution in [0.4, 0.5) is 0 Å². The average Bonchev–Trinajstić information content (AvgIpc) is 2.47. The number of carbonyl (C=O) groups excluding carboxylic acids is 1. The van der Waals surface area contributed by atoms with Crippen LogP contribution in [-0.2, 0) is 4.74 Å². The largest absolute Gasteiger partial charge is 0.394 e. The van der Waals surface area contributed by atoms with Crippen LogP contribution in [0.3, 0.4) is 0 Å². The van der Waals surface area contributed by atoms with E-state index in [1.165, 1.54) is 0 Å². The molecule has 1 aromatic rings. The Morgan fingerprint density at radius 2 is 2.05 bits per heavy atom. The van der Waals surface area contributed by atoms with Gasteiger partial charge >= 0.3 is 0 Å². The van der Waals surface area contributed by atoms with Gasteiger partial charge in [-0.2, -0.15) is 0 Å². The van der Waals surface area contributed by atoms with E-state index in [1.54, 1.807) is 23.1 Å². The molecular formula is C14H17Cl2NO3. The summed E-state index contributed by atoms with van der Waals surface area (Å²) in [4.78, 5) is 14.2. The van der Waals surface area contributed by atoms with E-state index >= 15 is 0 Å². The highest BCUT2D eigenvalue weighted by Crippen LogP contribution is 2.24. The predicted octanol–water partition coefficient (Wildman–Crippen LogP) is 2.61. The lowest BCUT2D eigenvalue weighted by molar-refractivity contribution is -0.00553. The van der Waals surface area contributed by atoms with Gasteiger partial charge in [-0.1, -0.05) is 23.2 Å². The minimum Gasteiger partial charge on any atom is -0.394 e. The monoisotopic (exact) mass is 317 g/mol. The zero-order valence-corrected chi connectivity index (χ0v) is 12.5. The molecule has 1 N–H and O–H groups in total. The van der Waals surface area contributed by atoms with Gasteiger partial charge in [0, 0.05) is 18.1 Å². The molecule has 0 aromatic heterocycles. The summed E-state index contributed by atoms with van der Waals surface area (Å²) in [6.45, 7) is 1.62. The van der Waals surface area contributed by atoms with Crippen LogP contribution in [0.15, 0.2) is 18.2 Å². The molecule has 0 saturated carbocycles. The van der Waals surface area contributed by atoms with Gasteiger partial charge in [-0.15, -0.1) is 0 Å². The van der Waals surface area contributed by atoms with Gasteiger partial charge in [0.05, 0.1) is 29.9 Å². The summed E-state index contributed by atoms with van der Waals surface area (Å²) in [5.74, 6) is -0.0990. The number of amides is 1. The Morgan fingerprint density at radius 3 is 2.70 bits per heavy atom. The summed E-state index contributed by atoms with van der Waals surface area (Å²) in [7, 11) is 0. The molecule has 1 fully saturated rings. The van der Waals surface area contributed by atoms with Crippen molar-refractivity contribution in [2.24, 2.45) is 0 Å². The maximum Gasteiger partial charge on any atom is 0.255 e. The topological polar surface area (TPSA) is 49.8 Å². The summed E-state index contributed by atoms with van der Waals surface area (Å²) in [5, 5.41) is 9.64. The van der Waals surface area contributed by atoms with Crippen LogP contribution in [0.5, 0.6) is 0 Å². The molecule has 1 aliphatic rings. The Hall–Kier alpha value is -0.810. The van der Waals surface area contributed by atoms with Crippen LogP contribution in [0, 0.1) is 0 Å². The smallest absolute Gasteiger partial charge is 0.255 e. The number of aliphatic hydroxyl groups excluding tert-OH is 1. The number of hydrogen-bond acceptors (Lipinski definition) is 3. The SMILES string of the molecule is O=C(c1cc(Cl)ccc1Cl)N1CCC(OCCO)CC1. The van der Waals surface area contributed by atoms with Crippen LogP contribution < -0.4 is 0 Å². The molecule has 0 bridgehead atoms. The van der Waals surface area contributed by atoms with Gasteiger partial charge in [0.1, 0.15) is 0 Å². The molecule has 0 unspecified atom stereocenters. The Balaban J connectivity index is 1.96. The number of piperidine rings is 1. The first kappa shape index (κ1) is 15.6. The number of halogens is 2. The second kappa shape index (κ2) is 7.27. The van der Waals surface area contributed by atoms with E-state index in [0.29, 0.717) is 35.3 Å². The third kappa shape index (κ3) is 3.85. The average molecular weight is 318 g/mol. The van der Waals surface area contributed by atoms with Crippen molar-refractivity contribution in [3.8, 4) is 0 Å². The summed E-state index contributed by atoms with van der Waals surface area (Å²) >= 11 is 12.0. The molecule has 6 heteroatoms. The molecule has 1 amide bonds. The minimum absolute atomic E-state index is 0.0251. The van der Waals surface area contributed by atoms with Crippen molar-refractivity contribution in [2.75, 3.05) is 26.3 Å². The van der Waals surface area contributed by atoms with Gasteiger partial charge in [-0.05, 0) is 31.0 Å². The van der Waals surface area contributed by atoms with Crippen LogP contribution in [0.1, 0.15) is 23.2 Å². The van der Waals surface area contributed by atoms with Crippen LogP contribution in [0.2, 0.25) is 10.0 Å². The quantitative estimate of drug-likeness (QED) is 0.928. The van der Waals surface area contributed by atoms with Gasteiger partial charge in [-0.3, -0.25) is 4.79 Å². The van der Waals surface area contributed by atoms with E-state index in [1.807, 2.05) is 0 Å². The number of ether oxygens (including phenoxy) is 1. The van der Waals surface area contributed by atoms with Gasteiger partial charge in [-0.25, -0.2) is 0 Å². The van der Waals surface area contributed by atoms with Crippen molar-refractivity contribution in [1.29, 1.82) is 0 Å². The van der Waals surface area contributed by atoms with Crippen molar-refractivity contribution in [2.45, 2.75) is 18.9 Å². The lowest BCUT2D eigenvalue weighted by Gasteiger charge is -2.32. The standard InChI is InChI=1S/C14H17Cl2NO3/c15-10-1-2-13(16)12(9-10)14(19)17-5-3-11(4-6-17)20-8-7-18/h1-2,9,11,18H,3-8H2. The number of aliphatic hydroxyl groups is 1. The fourth-order valence-electron chi connectivity index (χ4n) is 2.28. The number of rotatable bonds is 4. The third-order valence-corrected chi connectivity index (χ3v) is 3.90. The Bertz CT molecular complexity index is 473. The van der Waals surface area contributed by atoms with Gasteiger partial charge in [0.25, 0.3) is 5.91 Å². The zero-order chi connectivity index (χ0) is 14.5. The molecule has 1 saturated heterocycles. The van der Waals surface area contributed by atoms with E-state index in [9.17, 15) is 4.79 Å². The minimum atomic E-state index is -0.0990. The molecule has 110 valence electrons. The molecule has 0 aliphatic carbocycles. The second-order valence-corrected chi connectivity index (χ2v) is 5.55. The second-order valence-electron chi connectivity index (χ2n) is 4.71. The lowest BCUT2D eigenvalue weighted by Crippen LogP contribution is -2.41. The number of hydrogen-bond donors (Lipinski definition) is 1. The highest BCUT2D eigenvalue weighted by molar-refractivity contribution is 6.35.